The van der Waals surface area contributed by atoms with Crippen molar-refractivity contribution < 1.29 is 13.2 Å². The second-order valence-electron chi connectivity index (χ2n) is 4.62. The van der Waals surface area contributed by atoms with E-state index in [2.05, 4.69) is 23.8 Å². The molecule has 1 fully saturated rings. The molecular formula is C13H20F3N3. The topological polar surface area (TPSA) is 29.0 Å². The zero-order chi connectivity index (χ0) is 14.6. The Morgan fingerprint density at radius 2 is 1.58 bits per heavy atom. The van der Waals surface area contributed by atoms with Gasteiger partial charge < -0.3 is 4.90 Å². The van der Waals surface area contributed by atoms with Crippen LogP contribution in [-0.2, 0) is 6.18 Å². The van der Waals surface area contributed by atoms with Crippen LogP contribution in [0.1, 0.15) is 33.4 Å². The molecule has 0 radical (unpaired) electrons. The van der Waals surface area contributed by atoms with Crippen LogP contribution in [-0.4, -0.2) is 23.1 Å². The summed E-state index contributed by atoms with van der Waals surface area (Å²) < 4.78 is 36.9. The Hall–Kier alpha value is -1.33. The van der Waals surface area contributed by atoms with E-state index in [4.69, 9.17) is 0 Å². The molecule has 0 aromatic carbocycles. The lowest BCUT2D eigenvalue weighted by atomic mass is 10.0. The number of hydrogen-bond acceptors (Lipinski definition) is 3. The smallest absolute Gasteiger partial charge is 0.355 e. The molecule has 108 valence electrons. The first-order chi connectivity index (χ1) is 8.88. The third-order valence-electron chi connectivity index (χ3n) is 3.24. The molecule has 2 unspecified atom stereocenters. The van der Waals surface area contributed by atoms with Crippen molar-refractivity contribution in [3.63, 3.8) is 0 Å². The number of rotatable bonds is 1. The average Bonchev–Trinajstić information content (AvgIpc) is 2.71. The van der Waals surface area contributed by atoms with Crippen molar-refractivity contribution in [2.24, 2.45) is 11.8 Å². The lowest BCUT2D eigenvalue weighted by Crippen LogP contribution is -2.21. The highest BCUT2D eigenvalue weighted by atomic mass is 19.4. The average molecular weight is 275 g/mol. The molecule has 6 heteroatoms. The Labute approximate surface area is 111 Å². The fourth-order valence-corrected chi connectivity index (χ4v) is 1.95. The first kappa shape index (κ1) is 15.7. The SMILES string of the molecule is CC.CC1CN(c2cnc(C(F)(F)F)cn2)CC1C. The van der Waals surface area contributed by atoms with E-state index in [1.54, 1.807) is 0 Å². The summed E-state index contributed by atoms with van der Waals surface area (Å²) in [5, 5.41) is 0. The van der Waals surface area contributed by atoms with Gasteiger partial charge in [-0.2, -0.15) is 13.2 Å². The number of aromatic nitrogens is 2. The molecule has 2 heterocycles. The molecule has 0 amide bonds. The van der Waals surface area contributed by atoms with Gasteiger partial charge in [0.2, 0.25) is 0 Å². The highest BCUT2D eigenvalue weighted by Crippen LogP contribution is 2.29. The molecule has 1 aromatic rings. The Bertz CT molecular complexity index is 379. The number of anilines is 1. The molecule has 3 nitrogen and oxygen atoms in total. The van der Waals surface area contributed by atoms with Gasteiger partial charge in [-0.15, -0.1) is 0 Å². The monoisotopic (exact) mass is 275 g/mol. The van der Waals surface area contributed by atoms with Gasteiger partial charge >= 0.3 is 6.18 Å². The van der Waals surface area contributed by atoms with E-state index in [-0.39, 0.29) is 0 Å². The van der Waals surface area contributed by atoms with E-state index >= 15 is 0 Å². The van der Waals surface area contributed by atoms with E-state index in [9.17, 15) is 13.2 Å². The van der Waals surface area contributed by atoms with Gasteiger partial charge in [0.05, 0.1) is 12.4 Å². The molecule has 1 aliphatic heterocycles. The van der Waals surface area contributed by atoms with Crippen LogP contribution in [0.15, 0.2) is 12.4 Å². The van der Waals surface area contributed by atoms with Crippen LogP contribution >= 0.6 is 0 Å². The fourth-order valence-electron chi connectivity index (χ4n) is 1.95. The maximum atomic E-state index is 12.3. The third-order valence-corrected chi connectivity index (χ3v) is 3.24. The number of nitrogens with zero attached hydrogens (tertiary/aromatic N) is 3. The molecule has 1 saturated heterocycles. The van der Waals surface area contributed by atoms with Gasteiger partial charge in [-0.25, -0.2) is 9.97 Å². The fraction of sp³-hybridized carbons (Fsp3) is 0.692. The first-order valence-electron chi connectivity index (χ1n) is 6.52. The van der Waals surface area contributed by atoms with Crippen LogP contribution in [0.5, 0.6) is 0 Å². The zero-order valence-electron chi connectivity index (χ0n) is 11.7. The second kappa shape index (κ2) is 6.21. The second-order valence-corrected chi connectivity index (χ2v) is 4.62. The summed E-state index contributed by atoms with van der Waals surface area (Å²) in [6.45, 7) is 9.90. The lowest BCUT2D eigenvalue weighted by molar-refractivity contribution is -0.141. The van der Waals surface area contributed by atoms with Crippen molar-refractivity contribution >= 4 is 5.82 Å². The summed E-state index contributed by atoms with van der Waals surface area (Å²) in [6, 6.07) is 0. The normalized spacial score (nSPS) is 23.0. The minimum atomic E-state index is -4.42. The van der Waals surface area contributed by atoms with Crippen molar-refractivity contribution in [1.82, 2.24) is 9.97 Å². The minimum absolute atomic E-state index is 0.522. The highest BCUT2D eigenvalue weighted by Gasteiger charge is 2.33. The van der Waals surface area contributed by atoms with Crippen molar-refractivity contribution in [3.05, 3.63) is 18.1 Å². The predicted octanol–water partition coefficient (Wildman–Crippen LogP) is 3.61. The van der Waals surface area contributed by atoms with Crippen molar-refractivity contribution in [2.75, 3.05) is 18.0 Å². The van der Waals surface area contributed by atoms with Gasteiger partial charge in [0.25, 0.3) is 0 Å². The number of halogens is 3. The van der Waals surface area contributed by atoms with Crippen LogP contribution in [0, 0.1) is 11.8 Å². The molecule has 0 saturated carbocycles. The summed E-state index contributed by atoms with van der Waals surface area (Å²) in [7, 11) is 0. The van der Waals surface area contributed by atoms with Crippen molar-refractivity contribution in [2.45, 2.75) is 33.9 Å². The van der Waals surface area contributed by atoms with E-state index in [0.29, 0.717) is 17.7 Å². The lowest BCUT2D eigenvalue weighted by Gasteiger charge is -2.16. The van der Waals surface area contributed by atoms with E-state index in [0.717, 1.165) is 19.3 Å². The van der Waals surface area contributed by atoms with Gasteiger partial charge in [0.15, 0.2) is 5.69 Å². The Morgan fingerprint density at radius 1 is 1.05 bits per heavy atom. The maximum Gasteiger partial charge on any atom is 0.434 e. The van der Waals surface area contributed by atoms with Gasteiger partial charge in [-0.1, -0.05) is 27.7 Å². The summed E-state index contributed by atoms with van der Waals surface area (Å²) in [5.74, 6) is 1.58. The van der Waals surface area contributed by atoms with Crippen molar-refractivity contribution in [3.8, 4) is 0 Å². The van der Waals surface area contributed by atoms with Crippen LogP contribution in [0.4, 0.5) is 19.0 Å². The van der Waals surface area contributed by atoms with Gasteiger partial charge in [-0.05, 0) is 11.8 Å². The molecule has 2 rings (SSSR count). The van der Waals surface area contributed by atoms with Crippen molar-refractivity contribution in [1.29, 1.82) is 0 Å². The Kier molecular flexibility index (Phi) is 5.14. The van der Waals surface area contributed by atoms with Crippen LogP contribution in [0.25, 0.3) is 0 Å². The van der Waals surface area contributed by atoms with Gasteiger partial charge in [0.1, 0.15) is 5.82 Å². The summed E-state index contributed by atoms with van der Waals surface area (Å²) in [5.41, 5.74) is -0.943. The zero-order valence-corrected chi connectivity index (χ0v) is 11.7. The molecule has 0 bridgehead atoms. The number of hydrogen-bond donors (Lipinski definition) is 0. The Balaban J connectivity index is 0.000000861. The molecular weight excluding hydrogens is 255 g/mol. The number of alkyl halides is 3. The summed E-state index contributed by atoms with van der Waals surface area (Å²) >= 11 is 0. The van der Waals surface area contributed by atoms with Gasteiger partial charge in [0, 0.05) is 13.1 Å². The van der Waals surface area contributed by atoms with Crippen LogP contribution < -0.4 is 4.90 Å². The molecule has 19 heavy (non-hydrogen) atoms. The maximum absolute atomic E-state index is 12.3. The summed E-state index contributed by atoms with van der Waals surface area (Å²) in [4.78, 5) is 9.23. The molecule has 0 spiro atoms. The highest BCUT2D eigenvalue weighted by molar-refractivity contribution is 5.37. The molecule has 0 aliphatic carbocycles. The van der Waals surface area contributed by atoms with E-state index < -0.39 is 11.9 Å². The van der Waals surface area contributed by atoms with Crippen LogP contribution in [0.2, 0.25) is 0 Å². The Morgan fingerprint density at radius 3 is 1.95 bits per heavy atom. The van der Waals surface area contributed by atoms with E-state index in [1.807, 2.05) is 18.7 Å². The largest absolute Gasteiger partial charge is 0.434 e. The van der Waals surface area contributed by atoms with Crippen LogP contribution in [0.3, 0.4) is 0 Å². The molecule has 1 aromatic heterocycles. The molecule has 2 atom stereocenters. The standard InChI is InChI=1S/C11H14F3N3.C2H6/c1-7-5-17(6-8(7)2)10-4-15-9(3-16-10)11(12,13)14;1-2/h3-4,7-8H,5-6H2,1-2H3;1-2H3. The quantitative estimate of drug-likeness (QED) is 0.784. The predicted molar refractivity (Wildman–Crippen MR) is 68.9 cm³/mol. The van der Waals surface area contributed by atoms with E-state index in [1.165, 1.54) is 6.20 Å². The summed E-state index contributed by atoms with van der Waals surface area (Å²) in [6.07, 6.45) is -2.42. The first-order valence-corrected chi connectivity index (χ1v) is 6.52. The molecule has 0 N–H and O–H groups in total. The molecule has 1 aliphatic rings. The van der Waals surface area contributed by atoms with Gasteiger partial charge in [-0.3, -0.25) is 0 Å². The minimum Gasteiger partial charge on any atom is -0.355 e. The third kappa shape index (κ3) is 3.81.